The molecule has 4 aliphatic carbocycles. The summed E-state index contributed by atoms with van der Waals surface area (Å²) in [7, 11) is -5.16. The second kappa shape index (κ2) is 11.7. The summed E-state index contributed by atoms with van der Waals surface area (Å²) >= 11 is 0. The van der Waals surface area contributed by atoms with Crippen molar-refractivity contribution in [2.45, 2.75) is 95.6 Å². The largest absolute Gasteiger partial charge is 0.746 e. The molecule has 1 unspecified atom stereocenters. The van der Waals surface area contributed by atoms with Crippen LogP contribution in [0.15, 0.2) is 0 Å². The van der Waals surface area contributed by atoms with E-state index in [9.17, 15) is 32.5 Å². The highest BCUT2D eigenvalue weighted by Crippen LogP contribution is 2.61. The van der Waals surface area contributed by atoms with Crippen molar-refractivity contribution in [2.24, 2.45) is 35.0 Å². The summed E-state index contributed by atoms with van der Waals surface area (Å²) in [6, 6.07) is -2.56. The van der Waals surface area contributed by atoms with Crippen LogP contribution in [0, 0.1) is 35.0 Å². The Morgan fingerprint density at radius 3 is 2.24 bits per heavy atom. The smallest absolute Gasteiger partial charge is 0.407 e. The van der Waals surface area contributed by atoms with Crippen LogP contribution in [0.3, 0.4) is 0 Å². The summed E-state index contributed by atoms with van der Waals surface area (Å²) in [5.41, 5.74) is -2.17. The van der Waals surface area contributed by atoms with E-state index < -0.39 is 45.6 Å². The van der Waals surface area contributed by atoms with E-state index >= 15 is 0 Å². The number of hydrogen-bond acceptors (Lipinski definition) is 8. The number of aliphatic hydroxyl groups excluding tert-OH is 1. The molecule has 4 atom stereocenters. The molecule has 5 aliphatic rings. The van der Waals surface area contributed by atoms with Crippen molar-refractivity contribution >= 4 is 28.0 Å². The molecule has 0 spiro atoms. The molecule has 38 heavy (non-hydrogen) atoms. The van der Waals surface area contributed by atoms with Gasteiger partial charge in [-0.3, -0.25) is 9.59 Å². The third-order valence-electron chi connectivity index (χ3n) is 9.02. The van der Waals surface area contributed by atoms with Gasteiger partial charge in [0.15, 0.2) is 5.44 Å². The molecule has 0 aromatic rings. The maximum Gasteiger partial charge on any atom is 0.407 e. The number of aliphatic hydroxyl groups is 1. The Kier molecular flexibility index (Phi) is 8.93. The molecule has 1 aliphatic heterocycles. The van der Waals surface area contributed by atoms with Gasteiger partial charge in [-0.25, -0.2) is 13.2 Å². The van der Waals surface area contributed by atoms with Crippen LogP contribution in [-0.2, 0) is 24.4 Å². The first-order valence-corrected chi connectivity index (χ1v) is 15.4. The predicted molar refractivity (Wildman–Crippen MR) is 136 cm³/mol. The van der Waals surface area contributed by atoms with Crippen molar-refractivity contribution in [3.63, 3.8) is 0 Å². The molecular formula is C26H42N3O8S-. The fourth-order valence-electron chi connectivity index (χ4n) is 7.75. The molecule has 0 aromatic carbocycles. The van der Waals surface area contributed by atoms with Gasteiger partial charge in [0.2, 0.25) is 11.8 Å². The molecule has 4 N–H and O–H groups in total. The molecule has 11 nitrogen and oxygen atoms in total. The van der Waals surface area contributed by atoms with Crippen molar-refractivity contribution < 1.29 is 37.2 Å². The normalized spacial score (nSPS) is 32.5. The van der Waals surface area contributed by atoms with Crippen LogP contribution >= 0.6 is 0 Å². The van der Waals surface area contributed by atoms with E-state index in [0.717, 1.165) is 24.2 Å². The molecule has 1 saturated heterocycles. The number of ether oxygens (including phenoxy) is 1. The van der Waals surface area contributed by atoms with E-state index in [0.29, 0.717) is 13.0 Å². The number of carbonyl (C=O) groups excluding carboxylic acids is 3. The third kappa shape index (κ3) is 7.18. The fraction of sp³-hybridized carbons (Fsp3) is 0.885. The average molecular weight is 557 g/mol. The van der Waals surface area contributed by atoms with E-state index in [1.807, 2.05) is 13.8 Å². The van der Waals surface area contributed by atoms with Crippen molar-refractivity contribution in [2.75, 3.05) is 13.2 Å². The lowest BCUT2D eigenvalue weighted by molar-refractivity contribution is -0.126. The Morgan fingerprint density at radius 2 is 1.74 bits per heavy atom. The molecule has 0 radical (unpaired) electrons. The van der Waals surface area contributed by atoms with Crippen molar-refractivity contribution in [3.05, 3.63) is 0 Å². The number of alkyl carbamates (subject to hydrolysis) is 1. The van der Waals surface area contributed by atoms with E-state index in [1.54, 1.807) is 0 Å². The zero-order valence-corrected chi connectivity index (χ0v) is 23.1. The van der Waals surface area contributed by atoms with Crippen LogP contribution in [-0.4, -0.2) is 66.7 Å². The van der Waals surface area contributed by atoms with Gasteiger partial charge in [-0.1, -0.05) is 13.8 Å². The van der Waals surface area contributed by atoms with Crippen molar-refractivity contribution in [1.29, 1.82) is 0 Å². The van der Waals surface area contributed by atoms with Crippen LogP contribution in [0.5, 0.6) is 0 Å². The lowest BCUT2D eigenvalue weighted by atomic mass is 9.49. The van der Waals surface area contributed by atoms with E-state index in [1.165, 1.54) is 38.5 Å². The topological polar surface area (TPSA) is 174 Å². The lowest BCUT2D eigenvalue weighted by Crippen LogP contribution is -2.55. The van der Waals surface area contributed by atoms with Crippen LogP contribution in [0.2, 0.25) is 0 Å². The molecule has 4 bridgehead atoms. The quantitative estimate of drug-likeness (QED) is 0.262. The summed E-state index contributed by atoms with van der Waals surface area (Å²) < 4.78 is 40.1. The second-order valence-electron chi connectivity index (χ2n) is 12.6. The minimum Gasteiger partial charge on any atom is -0.746 e. The Labute approximate surface area is 225 Å². The van der Waals surface area contributed by atoms with Gasteiger partial charge in [0.1, 0.15) is 16.2 Å². The summed E-state index contributed by atoms with van der Waals surface area (Å²) in [5.74, 6) is 0.650. The van der Waals surface area contributed by atoms with E-state index in [2.05, 4.69) is 16.0 Å². The van der Waals surface area contributed by atoms with E-state index in [-0.39, 0.29) is 36.7 Å². The monoisotopic (exact) mass is 556 g/mol. The van der Waals surface area contributed by atoms with Gasteiger partial charge in [-0.05, 0) is 93.3 Å². The van der Waals surface area contributed by atoms with Crippen LogP contribution in [0.4, 0.5) is 4.79 Å². The minimum absolute atomic E-state index is 0.00898. The number of carbonyl (C=O) groups is 3. The van der Waals surface area contributed by atoms with Gasteiger partial charge in [0.25, 0.3) is 0 Å². The summed E-state index contributed by atoms with van der Waals surface area (Å²) in [4.78, 5) is 37.8. The highest BCUT2D eigenvalue weighted by atomic mass is 32.2. The molecule has 5 rings (SSSR count). The summed E-state index contributed by atoms with van der Waals surface area (Å²) in [6.07, 6.45) is 8.08. The number of amides is 3. The molecule has 5 fully saturated rings. The molecule has 0 aromatic heterocycles. The molecule has 1 heterocycles. The Hall–Kier alpha value is -1.92. The highest BCUT2D eigenvalue weighted by Gasteiger charge is 2.50. The zero-order valence-electron chi connectivity index (χ0n) is 22.3. The van der Waals surface area contributed by atoms with Gasteiger partial charge < -0.3 is 30.3 Å². The number of hydrogen-bond donors (Lipinski definition) is 4. The summed E-state index contributed by atoms with van der Waals surface area (Å²) in [6.45, 7) is 4.37. The van der Waals surface area contributed by atoms with Gasteiger partial charge >= 0.3 is 6.09 Å². The second-order valence-corrected chi connectivity index (χ2v) is 14.1. The first-order chi connectivity index (χ1) is 17.8. The third-order valence-corrected chi connectivity index (χ3v) is 9.94. The van der Waals surface area contributed by atoms with Gasteiger partial charge in [0, 0.05) is 12.5 Å². The Bertz CT molecular complexity index is 965. The van der Waals surface area contributed by atoms with Crippen molar-refractivity contribution in [3.8, 4) is 0 Å². The molecule has 216 valence electrons. The number of rotatable bonds is 12. The number of nitrogens with one attached hydrogen (secondary N) is 3. The standard InChI is InChI=1S/C26H43N3O8S/c1-15(2)7-20(23(31)28-21(24(32)38(34,35)36)11-19-3-5-27-22(19)30)29-25(33)37-6-4-26-12-16-8-17(13-26)10-18(9-16)14-26/h15-21,24,32H,3-14H2,1-2H3,(H,27,30)(H,28,31)(H,29,33)(H,34,35,36)/p-1/t16?,17?,18?,19-,20-,21-,24?,26?/m0/s1. The molecule has 3 amide bonds. The van der Waals surface area contributed by atoms with Crippen molar-refractivity contribution in [1.82, 2.24) is 16.0 Å². The first-order valence-electron chi connectivity index (χ1n) is 14.0. The molecule has 4 saturated carbocycles. The first kappa shape index (κ1) is 29.1. The van der Waals surface area contributed by atoms with Crippen LogP contribution in [0.25, 0.3) is 0 Å². The molecule has 12 heteroatoms. The maximum atomic E-state index is 13.1. The summed E-state index contributed by atoms with van der Waals surface area (Å²) in [5, 5.41) is 17.8. The highest BCUT2D eigenvalue weighted by molar-refractivity contribution is 7.86. The fourth-order valence-corrected chi connectivity index (χ4v) is 8.33. The average Bonchev–Trinajstić information content (AvgIpc) is 3.20. The van der Waals surface area contributed by atoms with E-state index in [4.69, 9.17) is 4.74 Å². The SMILES string of the molecule is CC(C)C[C@H](NC(=O)OCCC12CC3CC(CC(C3)C1)C2)C(=O)N[C@@H](C[C@@H]1CCNC1=O)C(O)S(=O)(=O)[O-]. The maximum absolute atomic E-state index is 13.1. The Balaban J connectivity index is 1.33. The van der Waals surface area contributed by atoms with Crippen LogP contribution in [0.1, 0.15) is 78.1 Å². The van der Waals surface area contributed by atoms with Gasteiger partial charge in [-0.15, -0.1) is 0 Å². The van der Waals surface area contributed by atoms with Crippen LogP contribution < -0.4 is 16.0 Å². The minimum atomic E-state index is -5.16. The Morgan fingerprint density at radius 1 is 1.13 bits per heavy atom. The van der Waals surface area contributed by atoms with Gasteiger partial charge in [0.05, 0.1) is 12.6 Å². The van der Waals surface area contributed by atoms with Gasteiger partial charge in [-0.2, -0.15) is 0 Å². The predicted octanol–water partition coefficient (Wildman–Crippen LogP) is 1.61. The lowest BCUT2D eigenvalue weighted by Gasteiger charge is -2.57. The zero-order chi connectivity index (χ0) is 27.7. The molecular weight excluding hydrogens is 514 g/mol.